The molecule has 1 N–H and O–H groups in total. The zero-order chi connectivity index (χ0) is 24.3. The van der Waals surface area contributed by atoms with Crippen molar-refractivity contribution in [3.8, 4) is 17.2 Å². The van der Waals surface area contributed by atoms with Crippen molar-refractivity contribution in [1.29, 1.82) is 0 Å². The van der Waals surface area contributed by atoms with Crippen molar-refractivity contribution in [3.05, 3.63) is 65.2 Å². The van der Waals surface area contributed by atoms with E-state index < -0.39 is 30.1 Å². The van der Waals surface area contributed by atoms with Gasteiger partial charge < -0.3 is 14.8 Å². The minimum atomic E-state index is -4.81. The average molecular weight is 474 g/mol. The van der Waals surface area contributed by atoms with Crippen LogP contribution in [0.15, 0.2) is 59.7 Å². The molecule has 0 fully saturated rings. The van der Waals surface area contributed by atoms with Gasteiger partial charge in [0.2, 0.25) is 5.91 Å². The summed E-state index contributed by atoms with van der Waals surface area (Å²) >= 11 is 0. The molecular formula is C21H17F3N6O4. The molecule has 176 valence electrons. The third kappa shape index (κ3) is 5.14. The van der Waals surface area contributed by atoms with E-state index in [1.165, 1.54) is 23.1 Å². The molecule has 4 aromatic rings. The summed E-state index contributed by atoms with van der Waals surface area (Å²) in [6, 6.07) is 11.6. The maximum Gasteiger partial charge on any atom is 0.573 e. The molecule has 10 nitrogen and oxygen atoms in total. The van der Waals surface area contributed by atoms with Gasteiger partial charge in [0.25, 0.3) is 5.56 Å². The second-order valence-electron chi connectivity index (χ2n) is 6.90. The van der Waals surface area contributed by atoms with Crippen LogP contribution >= 0.6 is 0 Å². The van der Waals surface area contributed by atoms with Gasteiger partial charge in [-0.15, -0.1) is 18.3 Å². The highest BCUT2D eigenvalue weighted by Gasteiger charge is 2.31. The van der Waals surface area contributed by atoms with Gasteiger partial charge >= 0.3 is 6.36 Å². The molecule has 0 aliphatic heterocycles. The summed E-state index contributed by atoms with van der Waals surface area (Å²) in [7, 11) is 0. The maximum absolute atomic E-state index is 12.8. The summed E-state index contributed by atoms with van der Waals surface area (Å²) in [6.45, 7) is 2.01. The first-order chi connectivity index (χ1) is 16.2. The van der Waals surface area contributed by atoms with Crippen LogP contribution in [0.2, 0.25) is 0 Å². The number of carbonyl (C=O) groups is 1. The van der Waals surface area contributed by atoms with Crippen molar-refractivity contribution in [3.63, 3.8) is 0 Å². The predicted molar refractivity (Wildman–Crippen MR) is 114 cm³/mol. The van der Waals surface area contributed by atoms with Crippen molar-refractivity contribution in [2.45, 2.75) is 19.8 Å². The van der Waals surface area contributed by atoms with Crippen LogP contribution < -0.4 is 20.3 Å². The number of nitrogens with zero attached hydrogens (tertiary/aromatic N) is 5. The quantitative estimate of drug-likeness (QED) is 0.438. The number of alkyl halides is 3. The fourth-order valence-electron chi connectivity index (χ4n) is 3.08. The second-order valence-corrected chi connectivity index (χ2v) is 6.90. The summed E-state index contributed by atoms with van der Waals surface area (Å²) in [5, 5.41) is 10.4. The topological polar surface area (TPSA) is 113 Å². The van der Waals surface area contributed by atoms with Gasteiger partial charge in [0.1, 0.15) is 24.4 Å². The molecule has 4 rings (SSSR count). The number of benzene rings is 2. The van der Waals surface area contributed by atoms with E-state index in [2.05, 4.69) is 25.3 Å². The van der Waals surface area contributed by atoms with E-state index in [-0.39, 0.29) is 16.9 Å². The van der Waals surface area contributed by atoms with E-state index in [1.807, 2.05) is 6.92 Å². The van der Waals surface area contributed by atoms with Crippen molar-refractivity contribution in [2.75, 3.05) is 11.9 Å². The smallest absolute Gasteiger partial charge is 0.494 e. The molecule has 0 atom stereocenters. The fourth-order valence-corrected chi connectivity index (χ4v) is 3.08. The Bertz CT molecular complexity index is 1360. The number of carbonyl (C=O) groups excluding carboxylic acids is 1. The predicted octanol–water partition coefficient (Wildman–Crippen LogP) is 2.91. The number of anilines is 1. The highest BCUT2D eigenvalue weighted by Crippen LogP contribution is 2.24. The van der Waals surface area contributed by atoms with Gasteiger partial charge in [-0.2, -0.15) is 4.68 Å². The lowest BCUT2D eigenvalue weighted by molar-refractivity contribution is -0.274. The number of hydrogen-bond acceptors (Lipinski definition) is 7. The molecule has 13 heteroatoms. The molecule has 1 amide bonds. The number of fused-ring (bicyclic) bond motifs is 1. The van der Waals surface area contributed by atoms with Crippen LogP contribution in [-0.2, 0) is 11.3 Å². The SMILES string of the molecule is CCOc1ccc(-n2nnc3c(=O)n(CC(=O)Nc4ccc(OC(F)(F)F)cc4)cnc32)cc1. The molecule has 0 spiro atoms. The number of ether oxygens (including phenoxy) is 2. The van der Waals surface area contributed by atoms with Gasteiger partial charge in [0.15, 0.2) is 11.2 Å². The first-order valence-electron chi connectivity index (χ1n) is 9.93. The van der Waals surface area contributed by atoms with Crippen molar-refractivity contribution < 1.29 is 27.4 Å². The van der Waals surface area contributed by atoms with Crippen LogP contribution in [0.25, 0.3) is 16.9 Å². The standard InChI is InChI=1S/C21H17F3N6O4/c1-2-33-15-9-5-14(6-10-15)30-19-18(27-28-30)20(32)29(12-25-19)11-17(31)26-13-3-7-16(8-4-13)34-21(22,23)24/h3-10,12H,2,11H2,1H3,(H,26,31). The summed E-state index contributed by atoms with van der Waals surface area (Å²) in [5.41, 5.74) is 0.449. The molecule has 2 aromatic heterocycles. The van der Waals surface area contributed by atoms with Crippen LogP contribution in [0.1, 0.15) is 6.92 Å². The van der Waals surface area contributed by atoms with Crippen LogP contribution in [0.4, 0.5) is 18.9 Å². The Balaban J connectivity index is 1.48. The monoisotopic (exact) mass is 474 g/mol. The van der Waals surface area contributed by atoms with Crippen molar-refractivity contribution >= 4 is 22.8 Å². The lowest BCUT2D eigenvalue weighted by Gasteiger charge is -2.10. The van der Waals surface area contributed by atoms with Crippen LogP contribution in [0.5, 0.6) is 11.5 Å². The van der Waals surface area contributed by atoms with Crippen molar-refractivity contribution in [1.82, 2.24) is 24.5 Å². The molecule has 34 heavy (non-hydrogen) atoms. The van der Waals surface area contributed by atoms with E-state index in [0.29, 0.717) is 18.0 Å². The number of hydrogen-bond donors (Lipinski definition) is 1. The zero-order valence-electron chi connectivity index (χ0n) is 17.6. The molecule has 0 saturated heterocycles. The fraction of sp³-hybridized carbons (Fsp3) is 0.190. The Hall–Kier alpha value is -4.42. The summed E-state index contributed by atoms with van der Waals surface area (Å²) in [5.74, 6) is -0.335. The maximum atomic E-state index is 12.8. The third-order valence-corrected chi connectivity index (χ3v) is 4.51. The van der Waals surface area contributed by atoms with Gasteiger partial charge in [0.05, 0.1) is 12.3 Å². The highest BCUT2D eigenvalue weighted by molar-refractivity contribution is 5.90. The highest BCUT2D eigenvalue weighted by atomic mass is 19.4. The summed E-state index contributed by atoms with van der Waals surface area (Å²) in [6.07, 6.45) is -3.62. The normalized spacial score (nSPS) is 11.4. The molecular weight excluding hydrogens is 457 g/mol. The Labute approximate surface area is 189 Å². The number of aromatic nitrogens is 5. The minimum Gasteiger partial charge on any atom is -0.494 e. The second kappa shape index (κ2) is 9.21. The number of amides is 1. The Morgan fingerprint density at radius 3 is 2.38 bits per heavy atom. The molecule has 0 aliphatic rings. The van der Waals surface area contributed by atoms with E-state index in [1.54, 1.807) is 24.3 Å². The Morgan fingerprint density at radius 2 is 1.74 bits per heavy atom. The largest absolute Gasteiger partial charge is 0.573 e. The third-order valence-electron chi connectivity index (χ3n) is 4.51. The first-order valence-corrected chi connectivity index (χ1v) is 9.93. The van der Waals surface area contributed by atoms with Gasteiger partial charge in [-0.25, -0.2) is 4.98 Å². The summed E-state index contributed by atoms with van der Waals surface area (Å²) in [4.78, 5) is 29.3. The lowest BCUT2D eigenvalue weighted by atomic mass is 10.3. The van der Waals surface area contributed by atoms with Gasteiger partial charge in [-0.3, -0.25) is 14.2 Å². The Morgan fingerprint density at radius 1 is 1.06 bits per heavy atom. The van der Waals surface area contributed by atoms with Crippen molar-refractivity contribution in [2.24, 2.45) is 0 Å². The summed E-state index contributed by atoms with van der Waals surface area (Å²) < 4.78 is 48.3. The molecule has 0 radical (unpaired) electrons. The van der Waals surface area contributed by atoms with E-state index in [0.717, 1.165) is 16.7 Å². The number of rotatable bonds is 7. The molecule has 0 saturated carbocycles. The Kier molecular flexibility index (Phi) is 6.17. The number of nitrogens with one attached hydrogen (secondary N) is 1. The first kappa shape index (κ1) is 22.8. The zero-order valence-corrected chi connectivity index (χ0v) is 17.6. The average Bonchev–Trinajstić information content (AvgIpc) is 3.22. The lowest BCUT2D eigenvalue weighted by Crippen LogP contribution is -2.28. The number of halogens is 3. The van der Waals surface area contributed by atoms with E-state index in [9.17, 15) is 22.8 Å². The van der Waals surface area contributed by atoms with Crippen LogP contribution in [0.3, 0.4) is 0 Å². The van der Waals surface area contributed by atoms with Crippen LogP contribution in [-0.4, -0.2) is 43.4 Å². The molecule has 0 aliphatic carbocycles. The van der Waals surface area contributed by atoms with E-state index >= 15 is 0 Å². The molecule has 2 aromatic carbocycles. The van der Waals surface area contributed by atoms with Gasteiger partial charge in [-0.1, -0.05) is 5.21 Å². The molecule has 0 bridgehead atoms. The van der Waals surface area contributed by atoms with Gasteiger partial charge in [0, 0.05) is 5.69 Å². The minimum absolute atomic E-state index is 0.0298. The van der Waals surface area contributed by atoms with Gasteiger partial charge in [-0.05, 0) is 55.5 Å². The molecule has 0 unspecified atom stereocenters. The van der Waals surface area contributed by atoms with E-state index in [4.69, 9.17) is 4.74 Å². The molecule has 2 heterocycles. The van der Waals surface area contributed by atoms with Crippen LogP contribution in [0, 0.1) is 0 Å².